The van der Waals surface area contributed by atoms with Crippen molar-refractivity contribution in [2.24, 2.45) is 11.7 Å². The molecule has 0 aliphatic carbocycles. The van der Waals surface area contributed by atoms with Gasteiger partial charge in [-0.1, -0.05) is 20.3 Å². The van der Waals surface area contributed by atoms with Crippen LogP contribution in [0.3, 0.4) is 0 Å². The number of aliphatic hydroxyl groups excluding tert-OH is 1. The summed E-state index contributed by atoms with van der Waals surface area (Å²) in [7, 11) is 0. The Morgan fingerprint density at radius 2 is 1.68 bits per heavy atom. The molecule has 1 aliphatic rings. The quantitative estimate of drug-likeness (QED) is 0.173. The molecule has 0 aromatic heterocycles. The zero-order valence-corrected chi connectivity index (χ0v) is 18.0. The summed E-state index contributed by atoms with van der Waals surface area (Å²) in [6.45, 7) is 5.32. The van der Waals surface area contributed by atoms with Crippen LogP contribution < -0.4 is 27.0 Å². The number of aliphatic carboxylic acids is 1. The number of carbonyl (C=O) groups excluding carboxylic acids is 4. The first-order valence-electron chi connectivity index (χ1n) is 10.3. The fourth-order valence-electron chi connectivity index (χ4n) is 3.18. The van der Waals surface area contributed by atoms with Gasteiger partial charge in [-0.05, 0) is 32.2 Å². The van der Waals surface area contributed by atoms with Crippen LogP contribution in [0.15, 0.2) is 0 Å². The molecule has 1 fully saturated rings. The highest BCUT2D eigenvalue weighted by Gasteiger charge is 2.34. The Morgan fingerprint density at radius 1 is 1.06 bits per heavy atom. The second-order valence-corrected chi connectivity index (χ2v) is 7.82. The van der Waals surface area contributed by atoms with Crippen molar-refractivity contribution in [3.8, 4) is 0 Å². The number of nitrogens with two attached hydrogens (primary N) is 1. The maximum absolute atomic E-state index is 12.8. The fraction of sp³-hybridized carbons (Fsp3) is 0.737. The first-order chi connectivity index (χ1) is 14.5. The standard InChI is InChI=1S/C19H33N5O7/c1-4-9(2)14(18(29)24-15(10(3)25)19(30)31)23-17(28)12(8-13(20)26)22-16(27)11-6-5-7-21-11/h9-12,14-15,21,25H,4-8H2,1-3H3,(H2,20,26)(H,22,27)(H,23,28)(H,24,29)(H,30,31). The van der Waals surface area contributed by atoms with Gasteiger partial charge in [0, 0.05) is 0 Å². The number of aliphatic hydroxyl groups is 1. The molecule has 6 unspecified atom stereocenters. The van der Waals surface area contributed by atoms with Crippen molar-refractivity contribution in [2.45, 2.75) is 76.7 Å². The highest BCUT2D eigenvalue weighted by molar-refractivity contribution is 5.96. The molecule has 0 bridgehead atoms. The lowest BCUT2D eigenvalue weighted by molar-refractivity contribution is -0.145. The van der Waals surface area contributed by atoms with Crippen LogP contribution in [-0.2, 0) is 24.0 Å². The molecule has 8 N–H and O–H groups in total. The summed E-state index contributed by atoms with van der Waals surface area (Å²) < 4.78 is 0. The Hall–Kier alpha value is -2.73. The molecule has 0 aromatic carbocycles. The molecule has 0 spiro atoms. The topological polar surface area (TPSA) is 200 Å². The Morgan fingerprint density at radius 3 is 2.13 bits per heavy atom. The fourth-order valence-corrected chi connectivity index (χ4v) is 3.18. The van der Waals surface area contributed by atoms with E-state index in [1.54, 1.807) is 13.8 Å². The van der Waals surface area contributed by atoms with E-state index < -0.39 is 72.2 Å². The number of amides is 4. The lowest BCUT2D eigenvalue weighted by Crippen LogP contribution is -2.60. The van der Waals surface area contributed by atoms with Gasteiger partial charge in [-0.2, -0.15) is 0 Å². The van der Waals surface area contributed by atoms with Crippen LogP contribution in [0.5, 0.6) is 0 Å². The van der Waals surface area contributed by atoms with Crippen LogP contribution in [-0.4, -0.2) is 76.6 Å². The summed E-state index contributed by atoms with van der Waals surface area (Å²) in [5, 5.41) is 28.9. The Balaban J connectivity index is 2.96. The van der Waals surface area contributed by atoms with Crippen LogP contribution in [0.1, 0.15) is 46.5 Å². The number of primary amides is 1. The number of carboxylic acids is 1. The largest absolute Gasteiger partial charge is 0.480 e. The molecule has 0 saturated carbocycles. The van der Waals surface area contributed by atoms with Gasteiger partial charge in [0.2, 0.25) is 23.6 Å². The highest BCUT2D eigenvalue weighted by Crippen LogP contribution is 2.11. The normalized spacial score (nSPS) is 20.6. The first kappa shape index (κ1) is 26.3. The van der Waals surface area contributed by atoms with Crippen LogP contribution in [0.2, 0.25) is 0 Å². The van der Waals surface area contributed by atoms with Gasteiger partial charge in [0.05, 0.1) is 18.6 Å². The van der Waals surface area contributed by atoms with E-state index in [1.807, 2.05) is 0 Å². The highest BCUT2D eigenvalue weighted by atomic mass is 16.4. The van der Waals surface area contributed by atoms with Crippen LogP contribution in [0, 0.1) is 5.92 Å². The third kappa shape index (κ3) is 8.13. The molecule has 1 heterocycles. The molecular formula is C19H33N5O7. The van der Waals surface area contributed by atoms with E-state index in [0.29, 0.717) is 19.4 Å². The molecule has 12 nitrogen and oxygen atoms in total. The molecule has 176 valence electrons. The van der Waals surface area contributed by atoms with Crippen LogP contribution in [0.4, 0.5) is 0 Å². The number of carbonyl (C=O) groups is 5. The average molecular weight is 444 g/mol. The number of nitrogens with one attached hydrogen (secondary N) is 4. The summed E-state index contributed by atoms with van der Waals surface area (Å²) in [5.74, 6) is -4.71. The van der Waals surface area contributed by atoms with Gasteiger partial charge in [0.25, 0.3) is 0 Å². The van der Waals surface area contributed by atoms with Gasteiger partial charge in [-0.3, -0.25) is 19.2 Å². The molecule has 12 heteroatoms. The van der Waals surface area contributed by atoms with Gasteiger partial charge < -0.3 is 37.2 Å². The summed E-state index contributed by atoms with van der Waals surface area (Å²) >= 11 is 0. The second-order valence-electron chi connectivity index (χ2n) is 7.82. The van der Waals surface area contributed by atoms with Gasteiger partial charge in [-0.25, -0.2) is 4.79 Å². The van der Waals surface area contributed by atoms with E-state index in [4.69, 9.17) is 5.73 Å². The Kier molecular flexibility index (Phi) is 10.4. The van der Waals surface area contributed by atoms with E-state index in [0.717, 1.165) is 6.42 Å². The zero-order valence-electron chi connectivity index (χ0n) is 18.0. The molecular weight excluding hydrogens is 410 g/mol. The van der Waals surface area contributed by atoms with Gasteiger partial charge in [0.15, 0.2) is 6.04 Å². The predicted molar refractivity (Wildman–Crippen MR) is 109 cm³/mol. The Labute approximate surface area is 180 Å². The summed E-state index contributed by atoms with van der Waals surface area (Å²) in [6, 6.07) is -4.50. The van der Waals surface area contributed by atoms with Crippen molar-refractivity contribution < 1.29 is 34.2 Å². The molecule has 0 radical (unpaired) electrons. The van der Waals surface area contributed by atoms with E-state index in [1.165, 1.54) is 6.92 Å². The lowest BCUT2D eigenvalue weighted by atomic mass is 9.97. The molecule has 4 amide bonds. The van der Waals surface area contributed by atoms with Gasteiger partial charge >= 0.3 is 5.97 Å². The lowest BCUT2D eigenvalue weighted by Gasteiger charge is -2.28. The first-order valence-corrected chi connectivity index (χ1v) is 10.3. The second kappa shape index (κ2) is 12.2. The van der Waals surface area contributed by atoms with Crippen molar-refractivity contribution in [1.29, 1.82) is 0 Å². The minimum atomic E-state index is -1.56. The van der Waals surface area contributed by atoms with E-state index in [9.17, 15) is 34.2 Å². The summed E-state index contributed by atoms with van der Waals surface area (Å²) in [4.78, 5) is 60.6. The van der Waals surface area contributed by atoms with Crippen molar-refractivity contribution in [1.82, 2.24) is 21.3 Å². The van der Waals surface area contributed by atoms with E-state index >= 15 is 0 Å². The minimum absolute atomic E-state index is 0.408. The maximum atomic E-state index is 12.8. The summed E-state index contributed by atoms with van der Waals surface area (Å²) in [6.07, 6.45) is 0.0175. The number of rotatable bonds is 12. The van der Waals surface area contributed by atoms with Crippen molar-refractivity contribution >= 4 is 29.6 Å². The zero-order chi connectivity index (χ0) is 23.7. The number of hydrogen-bond acceptors (Lipinski definition) is 7. The Bertz CT molecular complexity index is 679. The molecule has 1 saturated heterocycles. The molecule has 6 atom stereocenters. The van der Waals surface area contributed by atoms with Crippen molar-refractivity contribution in [3.05, 3.63) is 0 Å². The third-order valence-corrected chi connectivity index (χ3v) is 5.25. The number of carboxylic acid groups (broad SMARTS) is 1. The average Bonchev–Trinajstić information content (AvgIpc) is 3.22. The maximum Gasteiger partial charge on any atom is 0.328 e. The van der Waals surface area contributed by atoms with Crippen molar-refractivity contribution in [3.63, 3.8) is 0 Å². The van der Waals surface area contributed by atoms with Gasteiger partial charge in [0.1, 0.15) is 12.1 Å². The monoisotopic (exact) mass is 443 g/mol. The smallest absolute Gasteiger partial charge is 0.328 e. The third-order valence-electron chi connectivity index (χ3n) is 5.25. The van der Waals surface area contributed by atoms with E-state index in [2.05, 4.69) is 21.3 Å². The predicted octanol–water partition coefficient (Wildman–Crippen LogP) is -2.42. The SMILES string of the molecule is CCC(C)C(NC(=O)C(CC(N)=O)NC(=O)C1CCCN1)C(=O)NC(C(=O)O)C(C)O. The van der Waals surface area contributed by atoms with Crippen LogP contribution >= 0.6 is 0 Å². The molecule has 0 aromatic rings. The minimum Gasteiger partial charge on any atom is -0.480 e. The van der Waals surface area contributed by atoms with Gasteiger partial charge in [-0.15, -0.1) is 0 Å². The molecule has 31 heavy (non-hydrogen) atoms. The van der Waals surface area contributed by atoms with E-state index in [-0.39, 0.29) is 0 Å². The molecule has 1 aliphatic heterocycles. The van der Waals surface area contributed by atoms with Crippen LogP contribution in [0.25, 0.3) is 0 Å². The number of hydrogen-bond donors (Lipinski definition) is 7. The van der Waals surface area contributed by atoms with Crippen molar-refractivity contribution in [2.75, 3.05) is 6.54 Å². The summed E-state index contributed by atoms with van der Waals surface area (Å²) in [5.41, 5.74) is 5.21. The molecule has 1 rings (SSSR count).